The summed E-state index contributed by atoms with van der Waals surface area (Å²) in [6.45, 7) is 1.52. The number of amides is 1. The largest absolute Gasteiger partial charge is 0.393 e. The molecule has 0 atom stereocenters. The Balaban J connectivity index is 1.61. The minimum atomic E-state index is -2.55. The van der Waals surface area contributed by atoms with Crippen molar-refractivity contribution in [2.45, 2.75) is 29.6 Å². The predicted octanol–water partition coefficient (Wildman–Crippen LogP) is 4.01. The fourth-order valence-corrected chi connectivity index (χ4v) is 3.74. The first-order valence-electron chi connectivity index (χ1n) is 9.12. The number of halogens is 2. The first-order chi connectivity index (χ1) is 13.5. The number of rotatable bonds is 7. The number of carbonyl (C=O) groups is 1. The van der Waals surface area contributed by atoms with Gasteiger partial charge < -0.3 is 20.6 Å². The number of alkyl halides is 2. The topological polar surface area (TPSA) is 64.6 Å². The lowest BCUT2D eigenvalue weighted by atomic mass is 10.1. The summed E-state index contributed by atoms with van der Waals surface area (Å²) >= 11 is 0.407. The van der Waals surface area contributed by atoms with E-state index in [0.29, 0.717) is 35.2 Å². The number of nitrogens with one attached hydrogen (secondary N) is 2. The van der Waals surface area contributed by atoms with Gasteiger partial charge in [0.2, 0.25) is 5.91 Å². The predicted molar refractivity (Wildman–Crippen MR) is 109 cm³/mol. The van der Waals surface area contributed by atoms with Crippen molar-refractivity contribution in [3.8, 4) is 0 Å². The second-order valence-corrected chi connectivity index (χ2v) is 7.54. The molecule has 0 bridgehead atoms. The highest BCUT2D eigenvalue weighted by Gasteiger charge is 2.19. The fraction of sp³-hybridized carbons (Fsp3) is 0.350. The lowest BCUT2D eigenvalue weighted by Gasteiger charge is -2.32. The van der Waals surface area contributed by atoms with E-state index >= 15 is 0 Å². The summed E-state index contributed by atoms with van der Waals surface area (Å²) in [4.78, 5) is 14.9. The van der Waals surface area contributed by atoms with Gasteiger partial charge >= 0.3 is 0 Å². The van der Waals surface area contributed by atoms with E-state index < -0.39 is 5.76 Å². The summed E-state index contributed by atoms with van der Waals surface area (Å²) < 4.78 is 25.3. The smallest absolute Gasteiger partial charge is 0.288 e. The van der Waals surface area contributed by atoms with Crippen molar-refractivity contribution in [2.24, 2.45) is 0 Å². The molecule has 1 aliphatic heterocycles. The van der Waals surface area contributed by atoms with E-state index in [1.54, 1.807) is 24.3 Å². The fourth-order valence-electron chi connectivity index (χ4n) is 3.14. The summed E-state index contributed by atoms with van der Waals surface area (Å²) in [5.41, 5.74) is 2.18. The number of hydrogen-bond acceptors (Lipinski definition) is 5. The normalized spacial score (nSPS) is 14.9. The van der Waals surface area contributed by atoms with Crippen molar-refractivity contribution in [1.29, 1.82) is 0 Å². The molecule has 28 heavy (non-hydrogen) atoms. The van der Waals surface area contributed by atoms with Crippen LogP contribution < -0.4 is 15.5 Å². The van der Waals surface area contributed by atoms with Gasteiger partial charge in [-0.15, -0.1) is 0 Å². The van der Waals surface area contributed by atoms with E-state index in [-0.39, 0.29) is 18.6 Å². The maximum atomic E-state index is 12.7. The number of carbonyl (C=O) groups excluding carboxylic acids is 1. The van der Waals surface area contributed by atoms with Gasteiger partial charge in [-0.3, -0.25) is 4.79 Å². The molecule has 1 heterocycles. The van der Waals surface area contributed by atoms with E-state index in [1.807, 2.05) is 24.3 Å². The monoisotopic (exact) mass is 407 g/mol. The molecular formula is C20H23F2N3O2S. The number of benzene rings is 2. The lowest BCUT2D eigenvalue weighted by Crippen LogP contribution is -2.36. The maximum Gasteiger partial charge on any atom is 0.288 e. The summed E-state index contributed by atoms with van der Waals surface area (Å²) in [5.74, 6) is -2.86. The Hall–Kier alpha value is -2.32. The van der Waals surface area contributed by atoms with Crippen LogP contribution in [0.3, 0.4) is 0 Å². The Morgan fingerprint density at radius 2 is 1.75 bits per heavy atom. The van der Waals surface area contributed by atoms with Gasteiger partial charge in [-0.2, -0.15) is 8.78 Å². The minimum Gasteiger partial charge on any atom is -0.393 e. The third kappa shape index (κ3) is 5.59. The molecule has 2 aromatic carbocycles. The zero-order valence-corrected chi connectivity index (χ0v) is 16.1. The van der Waals surface area contributed by atoms with Gasteiger partial charge in [-0.05, 0) is 37.1 Å². The van der Waals surface area contributed by atoms with Crippen LogP contribution in [0.1, 0.15) is 12.8 Å². The molecule has 5 nitrogen and oxygen atoms in total. The Bertz CT molecular complexity index is 799. The first-order valence-corrected chi connectivity index (χ1v) is 10.0. The number of anilines is 3. The number of nitrogens with zero attached hydrogens (tertiary/aromatic N) is 1. The maximum absolute atomic E-state index is 12.7. The zero-order valence-electron chi connectivity index (χ0n) is 15.3. The second-order valence-electron chi connectivity index (χ2n) is 6.51. The molecular weight excluding hydrogens is 384 g/mol. The van der Waals surface area contributed by atoms with Crippen LogP contribution in [0.4, 0.5) is 25.8 Å². The Labute approximate surface area is 167 Å². The highest BCUT2D eigenvalue weighted by molar-refractivity contribution is 7.99. The molecule has 1 amide bonds. The van der Waals surface area contributed by atoms with Crippen LogP contribution in [0.5, 0.6) is 0 Å². The van der Waals surface area contributed by atoms with Crippen molar-refractivity contribution in [3.63, 3.8) is 0 Å². The third-order valence-electron chi connectivity index (χ3n) is 4.53. The van der Waals surface area contributed by atoms with Crippen molar-refractivity contribution < 1.29 is 18.7 Å². The molecule has 2 aromatic rings. The van der Waals surface area contributed by atoms with Gasteiger partial charge in [0.25, 0.3) is 5.76 Å². The van der Waals surface area contributed by atoms with Crippen LogP contribution in [-0.2, 0) is 4.79 Å². The number of aliphatic hydroxyl groups excluding tert-OH is 1. The molecule has 0 unspecified atom stereocenters. The van der Waals surface area contributed by atoms with E-state index in [9.17, 15) is 18.7 Å². The number of aliphatic hydroxyl groups is 1. The molecule has 0 radical (unpaired) electrons. The molecule has 8 heteroatoms. The molecule has 0 aromatic heterocycles. The molecule has 1 aliphatic rings. The van der Waals surface area contributed by atoms with Crippen LogP contribution in [0.2, 0.25) is 0 Å². The average molecular weight is 407 g/mol. The summed E-state index contributed by atoms with van der Waals surface area (Å²) in [6, 6.07) is 14.2. The number of thioether (sulfide) groups is 1. The van der Waals surface area contributed by atoms with Gasteiger partial charge in [0.15, 0.2) is 0 Å². The standard InChI is InChI=1S/C20H23F2N3O2S/c21-20(22)28-18-8-4-2-6-16(18)24-19(27)13-23-15-5-1-3-7-17(15)25-11-9-14(26)10-12-25/h1-8,14,20,23,26H,9-13H2,(H,24,27). The van der Waals surface area contributed by atoms with Gasteiger partial charge in [-0.25, -0.2) is 0 Å². The summed E-state index contributed by atoms with van der Waals surface area (Å²) in [5, 5.41) is 15.5. The molecule has 3 N–H and O–H groups in total. The number of piperidine rings is 1. The highest BCUT2D eigenvalue weighted by Crippen LogP contribution is 2.32. The zero-order chi connectivity index (χ0) is 19.9. The quantitative estimate of drug-likeness (QED) is 0.605. The van der Waals surface area contributed by atoms with Crippen molar-refractivity contribution >= 4 is 34.7 Å². The summed E-state index contributed by atoms with van der Waals surface area (Å²) in [6.07, 6.45) is 1.18. The highest BCUT2D eigenvalue weighted by atomic mass is 32.2. The van der Waals surface area contributed by atoms with Crippen LogP contribution in [0, 0.1) is 0 Å². The lowest BCUT2D eigenvalue weighted by molar-refractivity contribution is -0.114. The second kappa shape index (κ2) is 9.75. The van der Waals surface area contributed by atoms with E-state index in [4.69, 9.17) is 0 Å². The van der Waals surface area contributed by atoms with Gasteiger partial charge in [0, 0.05) is 18.0 Å². The van der Waals surface area contributed by atoms with E-state index in [1.165, 1.54) is 0 Å². The number of hydrogen-bond donors (Lipinski definition) is 3. The van der Waals surface area contributed by atoms with Crippen molar-refractivity contribution in [3.05, 3.63) is 48.5 Å². The van der Waals surface area contributed by atoms with Crippen LogP contribution in [0.25, 0.3) is 0 Å². The van der Waals surface area contributed by atoms with Crippen LogP contribution >= 0.6 is 11.8 Å². The Morgan fingerprint density at radius 3 is 2.46 bits per heavy atom. The number of para-hydroxylation sites is 3. The molecule has 0 spiro atoms. The van der Waals surface area contributed by atoms with Crippen molar-refractivity contribution in [1.82, 2.24) is 0 Å². The summed E-state index contributed by atoms with van der Waals surface area (Å²) in [7, 11) is 0. The van der Waals surface area contributed by atoms with Crippen LogP contribution in [-0.4, -0.2) is 42.5 Å². The van der Waals surface area contributed by atoms with Crippen molar-refractivity contribution in [2.75, 3.05) is 35.2 Å². The SMILES string of the molecule is O=C(CNc1ccccc1N1CCC(O)CC1)Nc1ccccc1SC(F)F. The minimum absolute atomic E-state index is 0.0150. The Morgan fingerprint density at radius 1 is 1.11 bits per heavy atom. The third-order valence-corrected chi connectivity index (χ3v) is 5.31. The van der Waals surface area contributed by atoms with Crippen LogP contribution in [0.15, 0.2) is 53.4 Å². The average Bonchev–Trinajstić information content (AvgIpc) is 2.68. The molecule has 1 saturated heterocycles. The van der Waals surface area contributed by atoms with Gasteiger partial charge in [0.1, 0.15) is 0 Å². The molecule has 1 fully saturated rings. The van der Waals surface area contributed by atoms with E-state index in [0.717, 1.165) is 24.5 Å². The van der Waals surface area contributed by atoms with E-state index in [2.05, 4.69) is 15.5 Å². The molecule has 150 valence electrons. The van der Waals surface area contributed by atoms with Gasteiger partial charge in [0.05, 0.1) is 29.7 Å². The van der Waals surface area contributed by atoms with Gasteiger partial charge in [-0.1, -0.05) is 36.0 Å². The molecule has 0 aliphatic carbocycles. The Kier molecular flexibility index (Phi) is 7.11. The molecule has 0 saturated carbocycles. The molecule has 3 rings (SSSR count). The first kappa shape index (κ1) is 20.4.